The van der Waals surface area contributed by atoms with Crippen LogP contribution in [0.5, 0.6) is 0 Å². The molecule has 0 N–H and O–H groups in total. The molecule has 0 radical (unpaired) electrons. The van der Waals surface area contributed by atoms with Crippen LogP contribution in [-0.2, 0) is 0 Å². The van der Waals surface area contributed by atoms with Crippen LogP contribution in [0.3, 0.4) is 0 Å². The van der Waals surface area contributed by atoms with Crippen molar-refractivity contribution < 1.29 is 4.79 Å². The average molecular weight is 195 g/mol. The molecule has 0 atom stereocenters. The second kappa shape index (κ2) is 3.37. The first-order valence-electron chi connectivity index (χ1n) is 2.57. The number of halogens is 2. The number of hydrogen-bond donors (Lipinski definition) is 0. The van der Waals surface area contributed by atoms with E-state index in [1.54, 1.807) is 11.4 Å². The van der Waals surface area contributed by atoms with Crippen LogP contribution in [0.15, 0.2) is 11.4 Å². The summed E-state index contributed by atoms with van der Waals surface area (Å²) in [5.74, 6) is -0.0580. The molecule has 0 fully saturated rings. The molecule has 1 aromatic heterocycles. The largest absolute Gasteiger partial charge is 0.293 e. The monoisotopic (exact) mass is 194 g/mol. The van der Waals surface area contributed by atoms with Crippen LogP contribution in [0.1, 0.15) is 10.4 Å². The van der Waals surface area contributed by atoms with Crippen molar-refractivity contribution in [2.45, 2.75) is 0 Å². The van der Waals surface area contributed by atoms with Gasteiger partial charge in [-0.05, 0) is 6.07 Å². The van der Waals surface area contributed by atoms with Crippen molar-refractivity contribution in [3.8, 4) is 0 Å². The zero-order chi connectivity index (χ0) is 7.56. The molecule has 54 valence electrons. The zero-order valence-electron chi connectivity index (χ0n) is 4.93. The Morgan fingerprint density at radius 2 is 2.40 bits per heavy atom. The summed E-state index contributed by atoms with van der Waals surface area (Å²) in [7, 11) is 0. The summed E-state index contributed by atoms with van der Waals surface area (Å²) in [5, 5.41) is 1.70. The van der Waals surface area contributed by atoms with E-state index in [0.29, 0.717) is 9.90 Å². The summed E-state index contributed by atoms with van der Waals surface area (Å²) in [4.78, 5) is 10.8. The smallest absolute Gasteiger partial charge is 0.178 e. The van der Waals surface area contributed by atoms with Crippen molar-refractivity contribution in [3.05, 3.63) is 21.3 Å². The molecule has 0 aliphatic rings. The van der Waals surface area contributed by atoms with Crippen molar-refractivity contribution in [2.24, 2.45) is 0 Å². The van der Waals surface area contributed by atoms with Gasteiger partial charge in [-0.25, -0.2) is 0 Å². The van der Waals surface area contributed by atoms with E-state index in [4.69, 9.17) is 23.2 Å². The van der Waals surface area contributed by atoms with Gasteiger partial charge in [0.15, 0.2) is 5.78 Å². The van der Waals surface area contributed by atoms with E-state index >= 15 is 0 Å². The fourth-order valence-corrected chi connectivity index (χ4v) is 1.57. The van der Waals surface area contributed by atoms with E-state index < -0.39 is 0 Å². The third-order valence-corrected chi connectivity index (χ3v) is 2.34. The molecule has 0 aromatic carbocycles. The van der Waals surface area contributed by atoms with Crippen LogP contribution in [0.25, 0.3) is 0 Å². The normalized spacial score (nSPS) is 9.80. The fraction of sp³-hybridized carbons (Fsp3) is 0.167. The van der Waals surface area contributed by atoms with E-state index in [2.05, 4.69) is 0 Å². The van der Waals surface area contributed by atoms with Crippen LogP contribution in [-0.4, -0.2) is 11.7 Å². The molecule has 0 saturated heterocycles. The van der Waals surface area contributed by atoms with Crippen molar-refractivity contribution in [2.75, 3.05) is 5.88 Å². The average Bonchev–Trinajstić information content (AvgIpc) is 2.34. The van der Waals surface area contributed by atoms with E-state index in [1.165, 1.54) is 11.3 Å². The first kappa shape index (κ1) is 8.05. The maximum atomic E-state index is 10.8. The maximum Gasteiger partial charge on any atom is 0.178 e. The number of carbonyl (C=O) groups excluding carboxylic acids is 1. The second-order valence-corrected chi connectivity index (χ2v) is 3.51. The Morgan fingerprint density at radius 3 is 2.80 bits per heavy atom. The number of thiophene rings is 1. The third-order valence-electron chi connectivity index (χ3n) is 1.01. The highest BCUT2D eigenvalue weighted by Gasteiger charge is 2.05. The highest BCUT2D eigenvalue weighted by molar-refractivity contribution is 7.14. The standard InChI is InChI=1S/C6H4Cl2OS/c7-2-5(9)4-1-6(8)10-3-4/h1,3H,2H2. The predicted octanol–water partition coefficient (Wildman–Crippen LogP) is 2.82. The highest BCUT2D eigenvalue weighted by Crippen LogP contribution is 2.20. The molecule has 0 amide bonds. The first-order chi connectivity index (χ1) is 4.74. The highest BCUT2D eigenvalue weighted by atomic mass is 35.5. The van der Waals surface area contributed by atoms with Gasteiger partial charge in [0.05, 0.1) is 10.2 Å². The molecule has 1 aromatic rings. The molecule has 1 heterocycles. The summed E-state index contributed by atoms with van der Waals surface area (Å²) in [6, 6.07) is 1.62. The summed E-state index contributed by atoms with van der Waals surface area (Å²) in [5.41, 5.74) is 0.602. The molecule has 1 nitrogen and oxygen atoms in total. The molecule has 0 bridgehead atoms. The molecule has 0 aliphatic heterocycles. The summed E-state index contributed by atoms with van der Waals surface area (Å²) in [6.07, 6.45) is 0. The number of hydrogen-bond acceptors (Lipinski definition) is 2. The number of Topliss-reactive ketones (excluding diaryl/α,β-unsaturated/α-hetero) is 1. The third kappa shape index (κ3) is 1.72. The quantitative estimate of drug-likeness (QED) is 0.523. The molecule has 4 heteroatoms. The van der Waals surface area contributed by atoms with Gasteiger partial charge in [0.25, 0.3) is 0 Å². The van der Waals surface area contributed by atoms with Crippen LogP contribution < -0.4 is 0 Å². The van der Waals surface area contributed by atoms with E-state index in [-0.39, 0.29) is 11.7 Å². The number of carbonyl (C=O) groups is 1. The number of rotatable bonds is 2. The minimum atomic E-state index is -0.0789. The zero-order valence-corrected chi connectivity index (χ0v) is 7.26. The Bertz CT molecular complexity index is 244. The lowest BCUT2D eigenvalue weighted by molar-refractivity contribution is 0.102. The van der Waals surface area contributed by atoms with Crippen molar-refractivity contribution in [1.29, 1.82) is 0 Å². The van der Waals surface area contributed by atoms with Crippen molar-refractivity contribution >= 4 is 40.3 Å². The Morgan fingerprint density at radius 1 is 1.70 bits per heavy atom. The minimum Gasteiger partial charge on any atom is -0.293 e. The van der Waals surface area contributed by atoms with Gasteiger partial charge in [0.1, 0.15) is 0 Å². The molecule has 1 rings (SSSR count). The molecular weight excluding hydrogens is 191 g/mol. The topological polar surface area (TPSA) is 17.1 Å². The van der Waals surface area contributed by atoms with Gasteiger partial charge in [0, 0.05) is 10.9 Å². The second-order valence-electron chi connectivity index (χ2n) is 1.70. The van der Waals surface area contributed by atoms with Crippen LogP contribution in [0.2, 0.25) is 4.34 Å². The summed E-state index contributed by atoms with van der Waals surface area (Å²) in [6.45, 7) is 0. The fourth-order valence-electron chi connectivity index (χ4n) is 0.533. The lowest BCUT2D eigenvalue weighted by atomic mass is 10.2. The van der Waals surface area contributed by atoms with Gasteiger partial charge in [-0.2, -0.15) is 0 Å². The van der Waals surface area contributed by atoms with Crippen LogP contribution in [0.4, 0.5) is 0 Å². The van der Waals surface area contributed by atoms with Gasteiger partial charge < -0.3 is 0 Å². The van der Waals surface area contributed by atoms with E-state index in [9.17, 15) is 4.79 Å². The Balaban J connectivity index is 2.85. The molecular formula is C6H4Cl2OS. The Kier molecular flexibility index (Phi) is 2.72. The number of alkyl halides is 1. The summed E-state index contributed by atoms with van der Waals surface area (Å²) >= 11 is 12.2. The lowest BCUT2D eigenvalue weighted by Gasteiger charge is -1.85. The Labute approximate surface area is 72.6 Å². The Hall–Kier alpha value is -0.0500. The molecule has 10 heavy (non-hydrogen) atoms. The van der Waals surface area contributed by atoms with Gasteiger partial charge >= 0.3 is 0 Å². The van der Waals surface area contributed by atoms with Gasteiger partial charge in [-0.1, -0.05) is 11.6 Å². The molecule has 0 saturated carbocycles. The van der Waals surface area contributed by atoms with Crippen molar-refractivity contribution in [3.63, 3.8) is 0 Å². The molecule has 0 aliphatic carbocycles. The SMILES string of the molecule is O=C(CCl)c1csc(Cl)c1. The van der Waals surface area contributed by atoms with Crippen LogP contribution >= 0.6 is 34.5 Å². The number of ketones is 1. The minimum absolute atomic E-state index is 0.0209. The van der Waals surface area contributed by atoms with Gasteiger partial charge in [-0.15, -0.1) is 22.9 Å². The first-order valence-corrected chi connectivity index (χ1v) is 4.36. The van der Waals surface area contributed by atoms with E-state index in [1.807, 2.05) is 0 Å². The van der Waals surface area contributed by atoms with Gasteiger partial charge in [-0.3, -0.25) is 4.79 Å². The van der Waals surface area contributed by atoms with Gasteiger partial charge in [0.2, 0.25) is 0 Å². The van der Waals surface area contributed by atoms with E-state index in [0.717, 1.165) is 0 Å². The molecule has 0 spiro atoms. The summed E-state index contributed by atoms with van der Waals surface area (Å²) < 4.78 is 0.619. The lowest BCUT2D eigenvalue weighted by Crippen LogP contribution is -1.96. The van der Waals surface area contributed by atoms with Crippen LogP contribution in [0, 0.1) is 0 Å². The van der Waals surface area contributed by atoms with Crippen molar-refractivity contribution in [1.82, 2.24) is 0 Å². The predicted molar refractivity (Wildman–Crippen MR) is 44.4 cm³/mol. The maximum absolute atomic E-state index is 10.8. The molecule has 0 unspecified atom stereocenters.